The van der Waals surface area contributed by atoms with E-state index >= 15 is 0 Å². The van der Waals surface area contributed by atoms with Gasteiger partial charge in [0, 0.05) is 51.7 Å². The maximum atomic E-state index is 12.8. The number of carbonyl (C=O) groups is 1. The molecule has 128 valence electrons. The van der Waals surface area contributed by atoms with E-state index in [-0.39, 0.29) is 17.9 Å². The van der Waals surface area contributed by atoms with E-state index in [0.29, 0.717) is 25.2 Å². The highest BCUT2D eigenvalue weighted by Gasteiger charge is 2.41. The van der Waals surface area contributed by atoms with Crippen molar-refractivity contribution in [2.75, 3.05) is 33.7 Å². The third-order valence-corrected chi connectivity index (χ3v) is 6.79. The van der Waals surface area contributed by atoms with Crippen LogP contribution in [0, 0.1) is 12.8 Å². The molecule has 0 unspecified atom stereocenters. The fourth-order valence-corrected chi connectivity index (χ4v) is 4.77. The van der Waals surface area contributed by atoms with Gasteiger partial charge in [-0.05, 0) is 31.7 Å². The quantitative estimate of drug-likeness (QED) is 0.878. The standard InChI is InChI=1S/C15H24N4O3S/c1-11-14(6-7-16-11)15(20)19-9-12-4-5-13(19)10-18(8-12)23(21,22)17(2)3/h6-7,12-13,16H,4-5,8-10H2,1-3H3/t12-,13+/m1/s1. The lowest BCUT2D eigenvalue weighted by molar-refractivity contribution is 0.0588. The van der Waals surface area contributed by atoms with E-state index < -0.39 is 10.2 Å². The zero-order chi connectivity index (χ0) is 16.8. The van der Waals surface area contributed by atoms with Gasteiger partial charge in [-0.25, -0.2) is 0 Å². The lowest BCUT2D eigenvalue weighted by Gasteiger charge is -2.36. The molecular formula is C15H24N4O3S. The minimum Gasteiger partial charge on any atom is -0.365 e. The maximum absolute atomic E-state index is 12.8. The lowest BCUT2D eigenvalue weighted by Crippen LogP contribution is -2.48. The Hall–Kier alpha value is -1.38. The first-order chi connectivity index (χ1) is 10.8. The highest BCUT2D eigenvalue weighted by atomic mass is 32.2. The van der Waals surface area contributed by atoms with Crippen molar-refractivity contribution in [1.82, 2.24) is 18.5 Å². The van der Waals surface area contributed by atoms with Crippen LogP contribution in [0.4, 0.5) is 0 Å². The van der Waals surface area contributed by atoms with Crippen LogP contribution in [0.15, 0.2) is 12.3 Å². The van der Waals surface area contributed by atoms with Gasteiger partial charge in [-0.2, -0.15) is 17.0 Å². The summed E-state index contributed by atoms with van der Waals surface area (Å²) in [6, 6.07) is 1.75. The second kappa shape index (κ2) is 5.92. The Morgan fingerprint density at radius 3 is 2.61 bits per heavy atom. The van der Waals surface area contributed by atoms with Gasteiger partial charge in [-0.3, -0.25) is 4.79 Å². The summed E-state index contributed by atoms with van der Waals surface area (Å²) >= 11 is 0. The van der Waals surface area contributed by atoms with Crippen molar-refractivity contribution in [1.29, 1.82) is 0 Å². The Labute approximate surface area is 137 Å². The molecule has 23 heavy (non-hydrogen) atoms. The molecule has 0 saturated carbocycles. The fourth-order valence-electron chi connectivity index (χ4n) is 3.55. The van der Waals surface area contributed by atoms with Crippen molar-refractivity contribution in [3.63, 3.8) is 0 Å². The third-order valence-electron chi connectivity index (χ3n) is 4.91. The maximum Gasteiger partial charge on any atom is 0.281 e. The molecule has 1 N–H and O–H groups in total. The smallest absolute Gasteiger partial charge is 0.281 e. The summed E-state index contributed by atoms with van der Waals surface area (Å²) in [5, 5.41) is 0. The summed E-state index contributed by atoms with van der Waals surface area (Å²) in [5.41, 5.74) is 1.53. The van der Waals surface area contributed by atoms with Crippen molar-refractivity contribution in [3.8, 4) is 0 Å². The van der Waals surface area contributed by atoms with Crippen molar-refractivity contribution < 1.29 is 13.2 Å². The molecule has 8 heteroatoms. The first-order valence-electron chi connectivity index (χ1n) is 7.93. The number of carbonyl (C=O) groups excluding carboxylic acids is 1. The summed E-state index contributed by atoms with van der Waals surface area (Å²) in [5.74, 6) is 0.203. The summed E-state index contributed by atoms with van der Waals surface area (Å²) in [6.07, 6.45) is 3.60. The van der Waals surface area contributed by atoms with E-state index in [1.54, 1.807) is 26.4 Å². The number of aromatic nitrogens is 1. The average molecular weight is 340 g/mol. The fraction of sp³-hybridized carbons (Fsp3) is 0.667. The van der Waals surface area contributed by atoms with Gasteiger partial charge in [0.1, 0.15) is 0 Å². The molecule has 2 bridgehead atoms. The Bertz CT molecular complexity index is 697. The molecule has 2 atom stereocenters. The Kier molecular flexibility index (Phi) is 4.24. The van der Waals surface area contributed by atoms with E-state index in [2.05, 4.69) is 4.98 Å². The van der Waals surface area contributed by atoms with Gasteiger partial charge in [0.25, 0.3) is 16.1 Å². The number of amides is 1. The number of hydrogen-bond donors (Lipinski definition) is 1. The second-order valence-electron chi connectivity index (χ2n) is 6.68. The van der Waals surface area contributed by atoms with Gasteiger partial charge in [-0.1, -0.05) is 0 Å². The molecule has 3 fully saturated rings. The second-order valence-corrected chi connectivity index (χ2v) is 8.82. The van der Waals surface area contributed by atoms with E-state index in [1.807, 2.05) is 11.8 Å². The predicted octanol–water partition coefficient (Wildman–Crippen LogP) is 0.666. The Morgan fingerprint density at radius 1 is 1.26 bits per heavy atom. The van der Waals surface area contributed by atoms with Crippen molar-refractivity contribution in [2.24, 2.45) is 5.92 Å². The molecule has 4 heterocycles. The van der Waals surface area contributed by atoms with Crippen LogP contribution in [0.1, 0.15) is 28.9 Å². The summed E-state index contributed by atoms with van der Waals surface area (Å²) in [7, 11) is -0.338. The molecule has 1 aromatic rings. The zero-order valence-corrected chi connectivity index (χ0v) is 14.6. The Balaban J connectivity index is 1.85. The number of fused-ring (bicyclic) bond motifs is 4. The highest BCUT2D eigenvalue weighted by molar-refractivity contribution is 7.86. The molecular weight excluding hydrogens is 316 g/mol. The molecule has 3 saturated heterocycles. The van der Waals surface area contributed by atoms with Crippen LogP contribution in [0.2, 0.25) is 0 Å². The largest absolute Gasteiger partial charge is 0.365 e. The van der Waals surface area contributed by atoms with Gasteiger partial charge in [0.2, 0.25) is 0 Å². The van der Waals surface area contributed by atoms with Crippen LogP contribution < -0.4 is 0 Å². The van der Waals surface area contributed by atoms with Crippen LogP contribution >= 0.6 is 0 Å². The SMILES string of the molecule is Cc1[nH]ccc1C(=O)N1C[C@@H]2CC[C@H]1CN(S(=O)(=O)N(C)C)C2. The summed E-state index contributed by atoms with van der Waals surface area (Å²) in [6.45, 7) is 3.39. The molecule has 0 aliphatic carbocycles. The predicted molar refractivity (Wildman–Crippen MR) is 87.3 cm³/mol. The van der Waals surface area contributed by atoms with Gasteiger partial charge in [0.05, 0.1) is 5.56 Å². The summed E-state index contributed by atoms with van der Waals surface area (Å²) < 4.78 is 27.7. The van der Waals surface area contributed by atoms with Crippen LogP contribution in [-0.4, -0.2) is 72.6 Å². The zero-order valence-electron chi connectivity index (χ0n) is 13.8. The molecule has 1 aromatic heterocycles. The Morgan fingerprint density at radius 2 is 2.00 bits per heavy atom. The number of nitrogens with one attached hydrogen (secondary N) is 1. The van der Waals surface area contributed by atoms with Crippen LogP contribution in [0.25, 0.3) is 0 Å². The topological polar surface area (TPSA) is 76.7 Å². The first-order valence-corrected chi connectivity index (χ1v) is 9.33. The summed E-state index contributed by atoms with van der Waals surface area (Å²) in [4.78, 5) is 17.7. The molecule has 3 aliphatic rings. The molecule has 0 aromatic carbocycles. The van der Waals surface area contributed by atoms with Crippen molar-refractivity contribution >= 4 is 16.1 Å². The highest BCUT2D eigenvalue weighted by Crippen LogP contribution is 2.31. The number of aryl methyl sites for hydroxylation is 1. The number of piperidine rings is 1. The van der Waals surface area contributed by atoms with E-state index in [1.165, 1.54) is 8.61 Å². The lowest BCUT2D eigenvalue weighted by atomic mass is 9.94. The van der Waals surface area contributed by atoms with Crippen molar-refractivity contribution in [3.05, 3.63) is 23.5 Å². The number of hydrogen-bond acceptors (Lipinski definition) is 3. The van der Waals surface area contributed by atoms with E-state index in [0.717, 1.165) is 18.5 Å². The normalized spacial score (nSPS) is 25.8. The van der Waals surface area contributed by atoms with Crippen LogP contribution in [-0.2, 0) is 10.2 Å². The van der Waals surface area contributed by atoms with Crippen LogP contribution in [0.3, 0.4) is 0 Å². The van der Waals surface area contributed by atoms with Gasteiger partial charge in [0.15, 0.2) is 0 Å². The monoisotopic (exact) mass is 340 g/mol. The minimum atomic E-state index is -3.44. The molecule has 1 amide bonds. The van der Waals surface area contributed by atoms with Crippen molar-refractivity contribution in [2.45, 2.75) is 25.8 Å². The van der Waals surface area contributed by atoms with Gasteiger partial charge >= 0.3 is 0 Å². The van der Waals surface area contributed by atoms with Gasteiger partial charge in [-0.15, -0.1) is 0 Å². The minimum absolute atomic E-state index is 0.00236. The molecule has 0 spiro atoms. The molecule has 7 nitrogen and oxygen atoms in total. The van der Waals surface area contributed by atoms with E-state index in [4.69, 9.17) is 0 Å². The molecule has 3 aliphatic heterocycles. The third kappa shape index (κ3) is 2.90. The molecule has 0 radical (unpaired) electrons. The number of nitrogens with zero attached hydrogens (tertiary/aromatic N) is 3. The number of rotatable bonds is 3. The number of H-pyrrole nitrogens is 1. The molecule has 4 rings (SSSR count). The van der Waals surface area contributed by atoms with E-state index in [9.17, 15) is 13.2 Å². The van der Waals surface area contributed by atoms with Crippen LogP contribution in [0.5, 0.6) is 0 Å². The number of aromatic amines is 1. The van der Waals surface area contributed by atoms with Gasteiger partial charge < -0.3 is 9.88 Å². The first kappa shape index (κ1) is 16.5. The average Bonchev–Trinajstić information content (AvgIpc) is 2.73.